The van der Waals surface area contributed by atoms with Crippen molar-refractivity contribution in [3.8, 4) is 11.4 Å². The van der Waals surface area contributed by atoms with E-state index in [4.69, 9.17) is 4.74 Å². The fourth-order valence-corrected chi connectivity index (χ4v) is 4.99. The second kappa shape index (κ2) is 9.19. The van der Waals surface area contributed by atoms with E-state index in [9.17, 15) is 9.59 Å². The predicted molar refractivity (Wildman–Crippen MR) is 136 cm³/mol. The summed E-state index contributed by atoms with van der Waals surface area (Å²) >= 11 is 1.29. The van der Waals surface area contributed by atoms with E-state index in [1.165, 1.54) is 11.3 Å². The molecule has 1 amide bonds. The minimum Gasteiger partial charge on any atom is -0.451 e. The maximum Gasteiger partial charge on any atom is 0.348 e. The van der Waals surface area contributed by atoms with Crippen LogP contribution in [0.4, 0.5) is 5.69 Å². The van der Waals surface area contributed by atoms with E-state index in [1.807, 2.05) is 86.1 Å². The van der Waals surface area contributed by atoms with Gasteiger partial charge in [0.05, 0.1) is 34.1 Å². The Morgan fingerprint density at radius 3 is 2.14 bits per heavy atom. The van der Waals surface area contributed by atoms with Crippen LogP contribution in [0.1, 0.15) is 26.8 Å². The molecule has 0 saturated heterocycles. The number of hydrogen-bond donors (Lipinski definition) is 1. The Morgan fingerprint density at radius 1 is 0.886 bits per heavy atom. The molecule has 5 rings (SSSR count). The van der Waals surface area contributed by atoms with Crippen LogP contribution in [0.3, 0.4) is 0 Å². The van der Waals surface area contributed by atoms with Gasteiger partial charge in [-0.05, 0) is 51.1 Å². The van der Waals surface area contributed by atoms with Gasteiger partial charge < -0.3 is 10.1 Å². The highest BCUT2D eigenvalue weighted by molar-refractivity contribution is 7.20. The molecular formula is C26H23N5O3S. The van der Waals surface area contributed by atoms with Gasteiger partial charge in [-0.25, -0.2) is 14.2 Å². The first-order valence-corrected chi connectivity index (χ1v) is 11.9. The van der Waals surface area contributed by atoms with Gasteiger partial charge in [0.25, 0.3) is 5.91 Å². The number of rotatable bonds is 6. The topological polar surface area (TPSA) is 91.0 Å². The van der Waals surface area contributed by atoms with E-state index in [2.05, 4.69) is 15.5 Å². The third kappa shape index (κ3) is 4.33. The van der Waals surface area contributed by atoms with Crippen molar-refractivity contribution in [2.75, 3.05) is 11.9 Å². The fraction of sp³-hybridized carbons (Fsp3) is 0.154. The number of nitrogens with zero attached hydrogens (tertiary/aromatic N) is 4. The van der Waals surface area contributed by atoms with Crippen LogP contribution in [0.25, 0.3) is 21.6 Å². The molecule has 0 fully saturated rings. The van der Waals surface area contributed by atoms with Crippen molar-refractivity contribution in [1.82, 2.24) is 19.6 Å². The molecule has 5 aromatic rings. The van der Waals surface area contributed by atoms with E-state index >= 15 is 0 Å². The normalized spacial score (nSPS) is 11.1. The molecule has 0 unspecified atom stereocenters. The van der Waals surface area contributed by atoms with E-state index in [-0.39, 0.29) is 0 Å². The lowest BCUT2D eigenvalue weighted by atomic mass is 10.3. The number of aromatic nitrogens is 4. The highest BCUT2D eigenvalue weighted by Crippen LogP contribution is 2.31. The molecule has 3 aromatic heterocycles. The third-order valence-electron chi connectivity index (χ3n) is 5.64. The largest absolute Gasteiger partial charge is 0.451 e. The first kappa shape index (κ1) is 22.5. The molecule has 9 heteroatoms. The molecule has 176 valence electrons. The van der Waals surface area contributed by atoms with Gasteiger partial charge in [0.1, 0.15) is 9.71 Å². The molecule has 8 nitrogen and oxygen atoms in total. The van der Waals surface area contributed by atoms with Crippen LogP contribution in [-0.4, -0.2) is 38.0 Å². The molecule has 0 radical (unpaired) electrons. The molecular weight excluding hydrogens is 462 g/mol. The van der Waals surface area contributed by atoms with Crippen LogP contribution in [-0.2, 0) is 9.53 Å². The summed E-state index contributed by atoms with van der Waals surface area (Å²) in [6, 6.07) is 21.2. The van der Waals surface area contributed by atoms with Gasteiger partial charge in [-0.2, -0.15) is 10.2 Å². The summed E-state index contributed by atoms with van der Waals surface area (Å²) in [5.74, 6) is -0.973. The molecule has 0 bridgehead atoms. The van der Waals surface area contributed by atoms with Gasteiger partial charge in [0.2, 0.25) is 0 Å². The maximum atomic E-state index is 12.7. The first-order chi connectivity index (χ1) is 16.9. The Bertz CT molecular complexity index is 1530. The lowest BCUT2D eigenvalue weighted by Gasteiger charge is -2.07. The SMILES string of the molecule is Cc1nn(-c2ccccc2)c(C)c1NC(=O)COC(=O)c1cc2c(C)nn(-c3ccccc3)c2s1. The minimum absolute atomic E-state index is 0.397. The second-order valence-corrected chi connectivity index (χ2v) is 9.11. The molecule has 1 N–H and O–H groups in total. The van der Waals surface area contributed by atoms with Gasteiger partial charge in [-0.3, -0.25) is 4.79 Å². The highest BCUT2D eigenvalue weighted by Gasteiger charge is 2.20. The molecule has 0 spiro atoms. The number of para-hydroxylation sites is 2. The van der Waals surface area contributed by atoms with Gasteiger partial charge in [0, 0.05) is 5.39 Å². The zero-order chi connectivity index (χ0) is 24.5. The van der Waals surface area contributed by atoms with Crippen LogP contribution >= 0.6 is 11.3 Å². The molecule has 2 aromatic carbocycles. The number of anilines is 1. The number of carbonyl (C=O) groups is 2. The van der Waals surface area contributed by atoms with Crippen LogP contribution in [0.5, 0.6) is 0 Å². The quantitative estimate of drug-likeness (QED) is 0.342. The second-order valence-electron chi connectivity index (χ2n) is 8.08. The number of fused-ring (bicyclic) bond motifs is 1. The van der Waals surface area contributed by atoms with E-state index in [0.29, 0.717) is 16.3 Å². The van der Waals surface area contributed by atoms with E-state index in [1.54, 1.807) is 10.7 Å². The average Bonchev–Trinajstić information content (AvgIpc) is 3.53. The number of carbonyl (C=O) groups excluding carboxylic acids is 2. The summed E-state index contributed by atoms with van der Waals surface area (Å²) in [4.78, 5) is 26.6. The van der Waals surface area contributed by atoms with E-state index in [0.717, 1.165) is 33.0 Å². The fourth-order valence-electron chi connectivity index (χ4n) is 3.91. The van der Waals surface area contributed by atoms with Crippen molar-refractivity contribution < 1.29 is 14.3 Å². The monoisotopic (exact) mass is 485 g/mol. The number of benzene rings is 2. The number of hydrogen-bond acceptors (Lipinski definition) is 6. The number of esters is 1. The van der Waals surface area contributed by atoms with Gasteiger partial charge >= 0.3 is 5.97 Å². The predicted octanol–water partition coefficient (Wildman–Crippen LogP) is 4.99. The minimum atomic E-state index is -0.547. The Labute approximate surface area is 205 Å². The average molecular weight is 486 g/mol. The third-order valence-corrected chi connectivity index (χ3v) is 6.73. The van der Waals surface area contributed by atoms with Crippen molar-refractivity contribution in [2.45, 2.75) is 20.8 Å². The standard InChI is InChI=1S/C26H23N5O3S/c1-16-21-14-22(35-25(21)31(28-16)20-12-8-5-9-13-20)26(33)34-15-23(32)27-24-17(2)29-30(18(24)3)19-10-6-4-7-11-19/h4-14H,15H2,1-3H3,(H,27,32). The first-order valence-electron chi connectivity index (χ1n) is 11.1. The van der Waals surface area contributed by atoms with Crippen molar-refractivity contribution in [3.63, 3.8) is 0 Å². The number of aryl methyl sites for hydroxylation is 2. The zero-order valence-electron chi connectivity index (χ0n) is 19.5. The maximum absolute atomic E-state index is 12.7. The number of amides is 1. The molecule has 3 heterocycles. The molecule has 0 aliphatic rings. The Kier molecular flexibility index (Phi) is 5.92. The van der Waals surface area contributed by atoms with Gasteiger partial charge in [0.15, 0.2) is 6.61 Å². The lowest BCUT2D eigenvalue weighted by molar-refractivity contribution is -0.119. The molecule has 0 aliphatic carbocycles. The van der Waals surface area contributed by atoms with Crippen LogP contribution in [0.15, 0.2) is 66.7 Å². The Morgan fingerprint density at radius 2 is 1.49 bits per heavy atom. The highest BCUT2D eigenvalue weighted by atomic mass is 32.1. The molecule has 0 atom stereocenters. The summed E-state index contributed by atoms with van der Waals surface area (Å²) in [5, 5.41) is 12.8. The van der Waals surface area contributed by atoms with Gasteiger partial charge in [-0.15, -0.1) is 11.3 Å². The smallest absolute Gasteiger partial charge is 0.348 e. The Hall–Kier alpha value is -4.24. The molecule has 35 heavy (non-hydrogen) atoms. The van der Waals surface area contributed by atoms with Gasteiger partial charge in [-0.1, -0.05) is 36.4 Å². The lowest BCUT2D eigenvalue weighted by Crippen LogP contribution is -2.21. The van der Waals surface area contributed by atoms with Crippen molar-refractivity contribution in [1.29, 1.82) is 0 Å². The van der Waals surface area contributed by atoms with Crippen LogP contribution < -0.4 is 5.32 Å². The number of nitrogens with one attached hydrogen (secondary N) is 1. The van der Waals surface area contributed by atoms with Crippen molar-refractivity contribution in [3.05, 3.63) is 88.7 Å². The summed E-state index contributed by atoms with van der Waals surface area (Å²) in [6.07, 6.45) is 0. The number of ether oxygens (including phenoxy) is 1. The van der Waals surface area contributed by atoms with Crippen molar-refractivity contribution in [2.24, 2.45) is 0 Å². The summed E-state index contributed by atoms with van der Waals surface area (Å²) < 4.78 is 8.90. The van der Waals surface area contributed by atoms with Crippen LogP contribution in [0, 0.1) is 20.8 Å². The summed E-state index contributed by atoms with van der Waals surface area (Å²) in [7, 11) is 0. The zero-order valence-corrected chi connectivity index (χ0v) is 20.3. The summed E-state index contributed by atoms with van der Waals surface area (Å²) in [5.41, 5.74) is 4.70. The van der Waals surface area contributed by atoms with E-state index < -0.39 is 18.5 Å². The number of thiophene rings is 1. The summed E-state index contributed by atoms with van der Waals surface area (Å²) in [6.45, 7) is 5.21. The van der Waals surface area contributed by atoms with Crippen LogP contribution in [0.2, 0.25) is 0 Å². The Balaban J connectivity index is 1.28. The molecule has 0 saturated carbocycles. The molecule has 0 aliphatic heterocycles. The van der Waals surface area contributed by atoms with Crippen molar-refractivity contribution >= 4 is 39.1 Å².